The smallest absolute Gasteiger partial charge is 0.334 e. The third-order valence-electron chi connectivity index (χ3n) is 3.98. The topological polar surface area (TPSA) is 153 Å². The molecule has 1 aliphatic rings. The summed E-state index contributed by atoms with van der Waals surface area (Å²) in [5, 5.41) is 20.6. The maximum absolute atomic E-state index is 11.8. The molecule has 168 valence electrons. The van der Waals surface area contributed by atoms with Crippen LogP contribution in [0.4, 0.5) is 5.69 Å². The van der Waals surface area contributed by atoms with Crippen LogP contribution in [0.1, 0.15) is 36.8 Å². The molecule has 1 aromatic carbocycles. The number of carbonyl (C=O) groups excluding carboxylic acids is 4. The van der Waals surface area contributed by atoms with Crippen molar-refractivity contribution in [2.75, 3.05) is 11.5 Å². The Hall–Kier alpha value is -2.64. The van der Waals surface area contributed by atoms with Crippen LogP contribution < -0.4 is 0 Å². The minimum atomic E-state index is -0.683. The predicted octanol–water partition coefficient (Wildman–Crippen LogP) is 1.90. The van der Waals surface area contributed by atoms with E-state index in [4.69, 9.17) is 14.7 Å². The summed E-state index contributed by atoms with van der Waals surface area (Å²) in [5.41, 5.74) is 0.378. The number of nitro benzene ring substituents is 1. The fourth-order valence-corrected chi connectivity index (χ4v) is 4.35. The number of aliphatic hydroxyl groups is 1. The van der Waals surface area contributed by atoms with Crippen molar-refractivity contribution in [2.45, 2.75) is 38.9 Å². The van der Waals surface area contributed by atoms with Crippen LogP contribution in [0.2, 0.25) is 0 Å². The van der Waals surface area contributed by atoms with Crippen LogP contribution in [0, 0.1) is 10.1 Å². The van der Waals surface area contributed by atoms with Crippen molar-refractivity contribution in [3.8, 4) is 0 Å². The number of amides is 2. The van der Waals surface area contributed by atoms with E-state index in [0.29, 0.717) is 22.1 Å². The van der Waals surface area contributed by atoms with Gasteiger partial charge in [-0.1, -0.05) is 27.7 Å². The van der Waals surface area contributed by atoms with Gasteiger partial charge >= 0.3 is 11.9 Å². The molecule has 13 heteroatoms. The molecule has 0 bridgehead atoms. The number of ether oxygens (including phenoxy) is 1. The van der Waals surface area contributed by atoms with Crippen molar-refractivity contribution in [1.29, 1.82) is 0 Å². The van der Waals surface area contributed by atoms with Gasteiger partial charge in [-0.25, -0.2) is 4.79 Å². The van der Waals surface area contributed by atoms with E-state index in [1.54, 1.807) is 6.07 Å². The second-order valence-electron chi connectivity index (χ2n) is 6.23. The second-order valence-corrected chi connectivity index (χ2v) is 8.93. The molecule has 0 aromatic heterocycles. The van der Waals surface area contributed by atoms with E-state index in [9.17, 15) is 29.3 Å². The highest BCUT2D eigenvalue weighted by Gasteiger charge is 2.32. The van der Waals surface area contributed by atoms with Gasteiger partial charge in [-0.2, -0.15) is 0 Å². The van der Waals surface area contributed by atoms with Crippen molar-refractivity contribution >= 4 is 51.0 Å². The van der Waals surface area contributed by atoms with Crippen LogP contribution in [-0.4, -0.2) is 50.4 Å². The summed E-state index contributed by atoms with van der Waals surface area (Å²) in [4.78, 5) is 61.2. The zero-order chi connectivity index (χ0) is 22.8. The van der Waals surface area contributed by atoms with Crippen LogP contribution >= 0.6 is 21.6 Å². The third kappa shape index (κ3) is 7.84. The Labute approximate surface area is 184 Å². The molecule has 0 aliphatic carbocycles. The molecule has 0 radical (unpaired) electrons. The van der Waals surface area contributed by atoms with Crippen molar-refractivity contribution < 1.29 is 38.8 Å². The molecule has 2 amide bonds. The molecular formula is C18H20N2O9S2. The predicted molar refractivity (Wildman–Crippen MR) is 110 cm³/mol. The Morgan fingerprint density at radius 2 is 1.71 bits per heavy atom. The average Bonchev–Trinajstić information content (AvgIpc) is 3.06. The minimum absolute atomic E-state index is 0.00177. The molecule has 0 unspecified atom stereocenters. The van der Waals surface area contributed by atoms with Crippen LogP contribution in [0.25, 0.3) is 0 Å². The Kier molecular flexibility index (Phi) is 9.75. The number of hydrogen-bond donors (Lipinski definition) is 1. The number of aliphatic hydroxyl groups excluding tert-OH is 1. The molecule has 1 N–H and O–H groups in total. The summed E-state index contributed by atoms with van der Waals surface area (Å²) in [6.45, 7) is -0.583. The number of benzene rings is 1. The molecule has 11 nitrogen and oxygen atoms in total. The van der Waals surface area contributed by atoms with Gasteiger partial charge < -0.3 is 14.7 Å². The van der Waals surface area contributed by atoms with Gasteiger partial charge in [0.05, 0.1) is 29.9 Å². The monoisotopic (exact) mass is 472 g/mol. The summed E-state index contributed by atoms with van der Waals surface area (Å²) in [5.74, 6) is -1.43. The molecule has 0 spiro atoms. The molecule has 2 rings (SSSR count). The molecule has 1 fully saturated rings. The molecule has 1 heterocycles. The zero-order valence-corrected chi connectivity index (χ0v) is 17.9. The van der Waals surface area contributed by atoms with Gasteiger partial charge in [0, 0.05) is 30.4 Å². The average molecular weight is 472 g/mol. The molecule has 1 aromatic rings. The first-order valence-corrected chi connectivity index (χ1v) is 11.6. The van der Waals surface area contributed by atoms with Crippen LogP contribution in [-0.2, 0) is 42.0 Å². The quantitative estimate of drug-likeness (QED) is 0.118. The molecule has 1 aliphatic heterocycles. The number of nitro groups is 1. The maximum Gasteiger partial charge on any atom is 0.334 e. The van der Waals surface area contributed by atoms with Gasteiger partial charge in [-0.05, 0) is 11.6 Å². The lowest BCUT2D eigenvalue weighted by molar-refractivity contribution is -0.385. The normalized spacial score (nSPS) is 13.4. The van der Waals surface area contributed by atoms with Gasteiger partial charge in [0.1, 0.15) is 6.61 Å². The maximum atomic E-state index is 11.8. The first-order valence-electron chi connectivity index (χ1n) is 9.15. The highest BCUT2D eigenvalue weighted by Crippen LogP contribution is 2.24. The van der Waals surface area contributed by atoms with Crippen molar-refractivity contribution in [1.82, 2.24) is 5.06 Å². The van der Waals surface area contributed by atoms with E-state index in [-0.39, 0.29) is 43.5 Å². The largest absolute Gasteiger partial charge is 0.461 e. The third-order valence-corrected chi connectivity index (χ3v) is 6.39. The molecule has 31 heavy (non-hydrogen) atoms. The lowest BCUT2D eigenvalue weighted by Crippen LogP contribution is -2.32. The van der Waals surface area contributed by atoms with Crippen LogP contribution in [0.3, 0.4) is 0 Å². The highest BCUT2D eigenvalue weighted by atomic mass is 33.1. The van der Waals surface area contributed by atoms with E-state index in [2.05, 4.69) is 0 Å². The standard InChI is InChI=1S/C18H20N2O9S2/c21-10-13-2-1-12(9-14(13)20(26)27)11-28-17(24)5-7-30-31-8-6-18(25)29-19-15(22)3-4-16(19)23/h1-2,9,21H,3-8,10-11H2. The summed E-state index contributed by atoms with van der Waals surface area (Å²) < 4.78 is 5.09. The number of carbonyl (C=O) groups is 4. The first kappa shape index (κ1) is 24.6. The van der Waals surface area contributed by atoms with Crippen molar-refractivity contribution in [3.63, 3.8) is 0 Å². The van der Waals surface area contributed by atoms with E-state index in [1.165, 1.54) is 33.7 Å². The number of nitrogens with zero attached hydrogens (tertiary/aromatic N) is 2. The van der Waals surface area contributed by atoms with Crippen molar-refractivity contribution in [3.05, 3.63) is 39.4 Å². The van der Waals surface area contributed by atoms with Gasteiger partial charge in [-0.3, -0.25) is 24.5 Å². The van der Waals surface area contributed by atoms with E-state index < -0.39 is 35.3 Å². The lowest BCUT2D eigenvalue weighted by Gasteiger charge is -2.12. The first-order chi connectivity index (χ1) is 14.8. The molecule has 0 atom stereocenters. The molecule has 0 saturated carbocycles. The summed E-state index contributed by atoms with van der Waals surface area (Å²) in [6.07, 6.45) is 0.187. The molecular weight excluding hydrogens is 452 g/mol. The number of esters is 1. The fraction of sp³-hybridized carbons (Fsp3) is 0.444. The summed E-state index contributed by atoms with van der Waals surface area (Å²) >= 11 is 0. The highest BCUT2D eigenvalue weighted by molar-refractivity contribution is 8.76. The lowest BCUT2D eigenvalue weighted by atomic mass is 10.1. The SMILES string of the molecule is O=C(CCSSCCC(=O)ON1C(=O)CCC1=O)OCc1ccc(CO)c([N+](=O)[O-])c1. The van der Waals surface area contributed by atoms with E-state index >= 15 is 0 Å². The van der Waals surface area contributed by atoms with Gasteiger partial charge in [0.25, 0.3) is 17.5 Å². The Morgan fingerprint density at radius 1 is 1.10 bits per heavy atom. The molecule has 1 saturated heterocycles. The van der Waals surface area contributed by atoms with E-state index in [1.807, 2.05) is 0 Å². The van der Waals surface area contributed by atoms with Crippen LogP contribution in [0.15, 0.2) is 18.2 Å². The van der Waals surface area contributed by atoms with Crippen molar-refractivity contribution in [2.24, 2.45) is 0 Å². The van der Waals surface area contributed by atoms with Gasteiger partial charge in [0.2, 0.25) is 0 Å². The number of hydrogen-bond acceptors (Lipinski definition) is 11. The summed E-state index contributed by atoms with van der Waals surface area (Å²) in [6, 6.07) is 4.21. The number of hydroxylamine groups is 2. The van der Waals surface area contributed by atoms with E-state index in [0.717, 1.165) is 0 Å². The van der Waals surface area contributed by atoms with Gasteiger partial charge in [0.15, 0.2) is 0 Å². The minimum Gasteiger partial charge on any atom is -0.461 e. The Bertz CT molecular complexity index is 846. The Morgan fingerprint density at radius 3 is 2.29 bits per heavy atom. The number of imide groups is 1. The van der Waals surface area contributed by atoms with Gasteiger partial charge in [-0.15, -0.1) is 5.06 Å². The Balaban J connectivity index is 1.59. The summed E-state index contributed by atoms with van der Waals surface area (Å²) in [7, 11) is 2.67. The fourth-order valence-electron chi connectivity index (χ4n) is 2.41. The second kappa shape index (κ2) is 12.3. The zero-order valence-electron chi connectivity index (χ0n) is 16.3. The number of rotatable bonds is 12. The van der Waals surface area contributed by atoms with Crippen LogP contribution in [0.5, 0.6) is 0 Å².